The predicted molar refractivity (Wildman–Crippen MR) is 81.9 cm³/mol. The molecule has 0 bridgehead atoms. The lowest BCUT2D eigenvalue weighted by molar-refractivity contribution is -0.0733. The molecule has 0 saturated heterocycles. The molecule has 1 aromatic heterocycles. The number of nitrogens with zero attached hydrogens (tertiary/aromatic N) is 2. The van der Waals surface area contributed by atoms with Gasteiger partial charge < -0.3 is 10.1 Å². The summed E-state index contributed by atoms with van der Waals surface area (Å²) in [6, 6.07) is 2.52. The van der Waals surface area contributed by atoms with E-state index < -0.39 is 0 Å². The number of hydrogen-bond donors (Lipinski definition) is 1. The van der Waals surface area contributed by atoms with Gasteiger partial charge in [-0.15, -0.1) is 0 Å². The quantitative estimate of drug-likeness (QED) is 0.900. The minimum atomic E-state index is -0.0283. The topological polar surface area (TPSA) is 39.1 Å². The minimum absolute atomic E-state index is 0.0283. The number of methoxy groups -OCH3 is 1. The molecule has 1 aliphatic carbocycles. The van der Waals surface area contributed by atoms with E-state index in [1.807, 2.05) is 32.8 Å². The Balaban J connectivity index is 2.15. The van der Waals surface area contributed by atoms with Crippen LogP contribution in [0.25, 0.3) is 0 Å². The van der Waals surface area contributed by atoms with Crippen LogP contribution in [-0.4, -0.2) is 35.6 Å². The molecule has 0 radical (unpaired) electrons. The van der Waals surface area contributed by atoms with E-state index in [4.69, 9.17) is 4.74 Å². The third kappa shape index (κ3) is 3.07. The van der Waals surface area contributed by atoms with E-state index in [1.165, 1.54) is 18.5 Å². The summed E-state index contributed by atoms with van der Waals surface area (Å²) in [5.41, 5.74) is 2.33. The Morgan fingerprint density at radius 3 is 2.60 bits per heavy atom. The molecule has 1 fully saturated rings. The van der Waals surface area contributed by atoms with Gasteiger partial charge in [-0.2, -0.15) is 5.10 Å². The van der Waals surface area contributed by atoms with E-state index >= 15 is 0 Å². The molecule has 1 aliphatic rings. The van der Waals surface area contributed by atoms with E-state index in [0.29, 0.717) is 6.04 Å². The summed E-state index contributed by atoms with van der Waals surface area (Å²) in [5.74, 6) is 0.828. The summed E-state index contributed by atoms with van der Waals surface area (Å²) in [4.78, 5) is 0. The summed E-state index contributed by atoms with van der Waals surface area (Å²) in [6.07, 6.45) is 5.78. The van der Waals surface area contributed by atoms with Gasteiger partial charge in [-0.3, -0.25) is 4.68 Å². The van der Waals surface area contributed by atoms with Crippen molar-refractivity contribution in [1.82, 2.24) is 15.1 Å². The van der Waals surface area contributed by atoms with E-state index in [0.717, 1.165) is 30.9 Å². The van der Waals surface area contributed by atoms with Crippen LogP contribution in [0.15, 0.2) is 6.07 Å². The lowest BCUT2D eigenvalue weighted by Crippen LogP contribution is -2.54. The molecule has 1 saturated carbocycles. The number of aryl methyl sites for hydroxylation is 2. The maximum absolute atomic E-state index is 6.01. The average Bonchev–Trinajstić information content (AvgIpc) is 2.76. The molecule has 0 amide bonds. The van der Waals surface area contributed by atoms with Crippen LogP contribution in [0.5, 0.6) is 0 Å². The number of aromatic nitrogens is 2. The SMILES string of the molecule is CNC(Cc1cc(C)nn1C)C1(OC)CCC(C)CC1. The van der Waals surface area contributed by atoms with Gasteiger partial charge in [0.05, 0.1) is 11.3 Å². The minimum Gasteiger partial charge on any atom is -0.377 e. The van der Waals surface area contributed by atoms with Gasteiger partial charge in [0.15, 0.2) is 0 Å². The smallest absolute Gasteiger partial charge is 0.0834 e. The molecule has 4 nitrogen and oxygen atoms in total. The Morgan fingerprint density at radius 2 is 2.15 bits per heavy atom. The molecule has 1 aromatic rings. The Bertz CT molecular complexity index is 433. The molecule has 1 atom stereocenters. The zero-order valence-electron chi connectivity index (χ0n) is 13.6. The van der Waals surface area contributed by atoms with Crippen LogP contribution in [0.3, 0.4) is 0 Å². The zero-order chi connectivity index (χ0) is 14.8. The standard InChI is InChI=1S/C16H29N3O/c1-12-6-8-16(20-5,9-7-12)15(17-3)11-14-10-13(2)18-19(14)4/h10,12,15,17H,6-9,11H2,1-5H3. The van der Waals surface area contributed by atoms with Gasteiger partial charge in [-0.25, -0.2) is 0 Å². The van der Waals surface area contributed by atoms with Crippen LogP contribution >= 0.6 is 0 Å². The van der Waals surface area contributed by atoms with Crippen LogP contribution in [0.1, 0.15) is 44.0 Å². The van der Waals surface area contributed by atoms with Gasteiger partial charge in [0.25, 0.3) is 0 Å². The number of nitrogens with one attached hydrogen (secondary N) is 1. The molecule has 0 spiro atoms. The highest BCUT2D eigenvalue weighted by Gasteiger charge is 2.41. The molecular weight excluding hydrogens is 250 g/mol. The van der Waals surface area contributed by atoms with Crippen LogP contribution in [0.4, 0.5) is 0 Å². The van der Waals surface area contributed by atoms with Gasteiger partial charge in [0.2, 0.25) is 0 Å². The fourth-order valence-corrected chi connectivity index (χ4v) is 3.56. The van der Waals surface area contributed by atoms with Crippen LogP contribution < -0.4 is 5.32 Å². The molecule has 20 heavy (non-hydrogen) atoms. The van der Waals surface area contributed by atoms with Crippen molar-refractivity contribution >= 4 is 0 Å². The first-order valence-electron chi connectivity index (χ1n) is 7.72. The monoisotopic (exact) mass is 279 g/mol. The molecule has 1 unspecified atom stereocenters. The van der Waals surface area contributed by atoms with Gasteiger partial charge in [-0.05, 0) is 51.6 Å². The van der Waals surface area contributed by atoms with Crippen molar-refractivity contribution in [2.45, 2.75) is 57.6 Å². The van der Waals surface area contributed by atoms with Gasteiger partial charge in [-0.1, -0.05) is 6.92 Å². The first-order chi connectivity index (χ1) is 9.50. The molecule has 1 heterocycles. The predicted octanol–water partition coefficient (Wildman–Crippen LogP) is 2.45. The highest BCUT2D eigenvalue weighted by molar-refractivity contribution is 5.12. The Hall–Kier alpha value is -0.870. The zero-order valence-corrected chi connectivity index (χ0v) is 13.6. The molecule has 114 valence electrons. The van der Waals surface area contributed by atoms with Gasteiger partial charge in [0.1, 0.15) is 0 Å². The number of hydrogen-bond acceptors (Lipinski definition) is 3. The van der Waals surface area contributed by atoms with E-state index in [2.05, 4.69) is 23.4 Å². The second-order valence-corrected chi connectivity index (χ2v) is 6.40. The van der Waals surface area contributed by atoms with Crippen molar-refractivity contribution < 1.29 is 4.74 Å². The second kappa shape index (κ2) is 6.27. The Morgan fingerprint density at radius 1 is 1.50 bits per heavy atom. The van der Waals surface area contributed by atoms with Crippen molar-refractivity contribution in [3.63, 3.8) is 0 Å². The second-order valence-electron chi connectivity index (χ2n) is 6.40. The van der Waals surface area contributed by atoms with Crippen molar-refractivity contribution in [3.8, 4) is 0 Å². The summed E-state index contributed by atoms with van der Waals surface area (Å²) in [5, 5.41) is 7.95. The fourth-order valence-electron chi connectivity index (χ4n) is 3.56. The molecule has 0 aromatic carbocycles. The number of rotatable bonds is 5. The molecule has 4 heteroatoms. The summed E-state index contributed by atoms with van der Waals surface area (Å²) >= 11 is 0. The molecule has 1 N–H and O–H groups in total. The van der Waals surface area contributed by atoms with Crippen molar-refractivity contribution in [2.75, 3.05) is 14.2 Å². The largest absolute Gasteiger partial charge is 0.377 e. The normalized spacial score (nSPS) is 28.6. The Kier molecular flexibility index (Phi) is 4.86. The number of ether oxygens (including phenoxy) is 1. The third-order valence-electron chi connectivity index (χ3n) is 5.02. The Labute approximate surface area is 122 Å². The van der Waals surface area contributed by atoms with E-state index in [-0.39, 0.29) is 5.60 Å². The van der Waals surface area contributed by atoms with Gasteiger partial charge in [0, 0.05) is 32.3 Å². The highest BCUT2D eigenvalue weighted by Crippen LogP contribution is 2.37. The maximum Gasteiger partial charge on any atom is 0.0834 e. The van der Waals surface area contributed by atoms with Crippen LogP contribution in [0.2, 0.25) is 0 Å². The average molecular weight is 279 g/mol. The van der Waals surface area contributed by atoms with E-state index in [1.54, 1.807) is 0 Å². The van der Waals surface area contributed by atoms with Crippen molar-refractivity contribution in [3.05, 3.63) is 17.5 Å². The molecular formula is C16H29N3O. The summed E-state index contributed by atoms with van der Waals surface area (Å²) < 4.78 is 8.00. The molecule has 0 aliphatic heterocycles. The summed E-state index contributed by atoms with van der Waals surface area (Å²) in [7, 11) is 5.94. The van der Waals surface area contributed by atoms with Gasteiger partial charge >= 0.3 is 0 Å². The van der Waals surface area contributed by atoms with Crippen molar-refractivity contribution in [1.29, 1.82) is 0 Å². The van der Waals surface area contributed by atoms with Crippen molar-refractivity contribution in [2.24, 2.45) is 13.0 Å². The highest BCUT2D eigenvalue weighted by atomic mass is 16.5. The lowest BCUT2D eigenvalue weighted by Gasteiger charge is -2.44. The third-order valence-corrected chi connectivity index (χ3v) is 5.02. The lowest BCUT2D eigenvalue weighted by atomic mass is 9.74. The number of likely N-dealkylation sites (N-methyl/N-ethyl adjacent to an activating group) is 1. The maximum atomic E-state index is 6.01. The van der Waals surface area contributed by atoms with Crippen LogP contribution in [0, 0.1) is 12.8 Å². The fraction of sp³-hybridized carbons (Fsp3) is 0.812. The first-order valence-corrected chi connectivity index (χ1v) is 7.72. The molecule has 2 rings (SSSR count). The first kappa shape index (κ1) is 15.5. The summed E-state index contributed by atoms with van der Waals surface area (Å²) in [6.45, 7) is 4.39. The van der Waals surface area contributed by atoms with E-state index in [9.17, 15) is 0 Å². The van der Waals surface area contributed by atoms with Crippen LogP contribution in [-0.2, 0) is 18.2 Å².